The van der Waals surface area contributed by atoms with Crippen LogP contribution in [0.15, 0.2) is 12.4 Å². The molecule has 5 nitrogen and oxygen atoms in total. The average Bonchev–Trinajstić information content (AvgIpc) is 3.08. The zero-order chi connectivity index (χ0) is 14.6. The quantitative estimate of drug-likeness (QED) is 0.924. The molecule has 3 unspecified atom stereocenters. The van der Waals surface area contributed by atoms with E-state index in [4.69, 9.17) is 0 Å². The van der Waals surface area contributed by atoms with Crippen molar-refractivity contribution in [3.8, 4) is 0 Å². The number of fused-ring (bicyclic) bond motifs is 2. The second-order valence-corrected chi connectivity index (χ2v) is 7.30. The van der Waals surface area contributed by atoms with Crippen molar-refractivity contribution in [1.82, 2.24) is 9.97 Å². The Morgan fingerprint density at radius 3 is 3.10 bits per heavy atom. The van der Waals surface area contributed by atoms with Gasteiger partial charge in [0.25, 0.3) is 0 Å². The van der Waals surface area contributed by atoms with Crippen molar-refractivity contribution < 1.29 is 9.90 Å². The normalized spacial score (nSPS) is 28.2. The first kappa shape index (κ1) is 13.0. The Hall–Kier alpha value is -1.69. The summed E-state index contributed by atoms with van der Waals surface area (Å²) in [6.07, 6.45) is 4.88. The van der Waals surface area contributed by atoms with Gasteiger partial charge in [-0.2, -0.15) is 0 Å². The molecule has 1 aliphatic carbocycles. The molecule has 2 aliphatic rings. The van der Waals surface area contributed by atoms with Crippen molar-refractivity contribution >= 4 is 33.3 Å². The smallest absolute Gasteiger partial charge is 0.326 e. The number of hydrogen-bond acceptors (Lipinski definition) is 5. The van der Waals surface area contributed by atoms with Crippen LogP contribution in [-0.4, -0.2) is 33.6 Å². The van der Waals surface area contributed by atoms with Crippen LogP contribution in [0, 0.1) is 18.8 Å². The molecular weight excluding hydrogens is 286 g/mol. The van der Waals surface area contributed by atoms with Crippen molar-refractivity contribution in [2.24, 2.45) is 11.8 Å². The Bertz CT molecular complexity index is 714. The van der Waals surface area contributed by atoms with Gasteiger partial charge in [0.1, 0.15) is 23.0 Å². The van der Waals surface area contributed by atoms with Crippen LogP contribution in [0.25, 0.3) is 10.2 Å². The van der Waals surface area contributed by atoms with Crippen molar-refractivity contribution in [2.75, 3.05) is 11.4 Å². The Kier molecular flexibility index (Phi) is 2.89. The third-order valence-corrected chi connectivity index (χ3v) is 5.81. The topological polar surface area (TPSA) is 66.3 Å². The van der Waals surface area contributed by atoms with Gasteiger partial charge in [0, 0.05) is 11.4 Å². The zero-order valence-corrected chi connectivity index (χ0v) is 12.6. The maximum Gasteiger partial charge on any atom is 0.326 e. The van der Waals surface area contributed by atoms with Crippen LogP contribution < -0.4 is 4.90 Å². The Morgan fingerprint density at radius 2 is 2.29 bits per heavy atom. The number of carbonyl (C=O) groups is 1. The summed E-state index contributed by atoms with van der Waals surface area (Å²) in [7, 11) is 0. The molecule has 0 bridgehead atoms. The second kappa shape index (κ2) is 4.66. The Balaban J connectivity index is 1.82. The van der Waals surface area contributed by atoms with Crippen LogP contribution >= 0.6 is 11.3 Å². The van der Waals surface area contributed by atoms with E-state index in [0.29, 0.717) is 5.92 Å². The number of hydrogen-bond donors (Lipinski definition) is 1. The lowest BCUT2D eigenvalue weighted by Crippen LogP contribution is -2.40. The fourth-order valence-electron chi connectivity index (χ4n) is 4.03. The molecular formula is C15H17N3O2S. The zero-order valence-electron chi connectivity index (χ0n) is 11.8. The third kappa shape index (κ3) is 1.92. The average molecular weight is 303 g/mol. The van der Waals surface area contributed by atoms with Gasteiger partial charge < -0.3 is 10.0 Å². The van der Waals surface area contributed by atoms with Gasteiger partial charge in [-0.25, -0.2) is 14.8 Å². The number of carboxylic acids is 1. The molecule has 2 aromatic heterocycles. The molecule has 0 aromatic carbocycles. The minimum atomic E-state index is -0.719. The number of carboxylic acid groups (broad SMARTS) is 1. The van der Waals surface area contributed by atoms with E-state index in [9.17, 15) is 9.90 Å². The maximum absolute atomic E-state index is 11.8. The lowest BCUT2D eigenvalue weighted by atomic mass is 9.94. The van der Waals surface area contributed by atoms with Crippen LogP contribution in [0.5, 0.6) is 0 Å². The molecule has 4 rings (SSSR count). The summed E-state index contributed by atoms with van der Waals surface area (Å²) >= 11 is 1.63. The van der Waals surface area contributed by atoms with Gasteiger partial charge in [-0.05, 0) is 37.7 Å². The molecule has 6 heteroatoms. The maximum atomic E-state index is 11.8. The van der Waals surface area contributed by atoms with E-state index in [1.165, 1.54) is 4.88 Å². The molecule has 3 heterocycles. The van der Waals surface area contributed by atoms with Crippen molar-refractivity contribution in [3.05, 3.63) is 17.3 Å². The van der Waals surface area contributed by atoms with Crippen molar-refractivity contribution in [2.45, 2.75) is 32.2 Å². The highest BCUT2D eigenvalue weighted by Crippen LogP contribution is 2.45. The number of aliphatic carboxylic acids is 1. The van der Waals surface area contributed by atoms with E-state index in [-0.39, 0.29) is 5.92 Å². The Morgan fingerprint density at radius 1 is 1.43 bits per heavy atom. The highest BCUT2D eigenvalue weighted by Gasteiger charge is 2.48. The van der Waals surface area contributed by atoms with Gasteiger partial charge in [0.05, 0.1) is 5.39 Å². The molecule has 1 N–H and O–H groups in total. The van der Waals surface area contributed by atoms with E-state index in [1.807, 2.05) is 11.8 Å². The SMILES string of the molecule is Cc1cc2c(N3CC4CCCC4C3C(=O)O)ncnc2s1. The fourth-order valence-corrected chi connectivity index (χ4v) is 4.87. The number of aryl methyl sites for hydroxylation is 1. The van der Waals surface area contributed by atoms with E-state index >= 15 is 0 Å². The monoisotopic (exact) mass is 303 g/mol. The van der Waals surface area contributed by atoms with E-state index in [0.717, 1.165) is 41.8 Å². The number of anilines is 1. The number of thiophene rings is 1. The number of rotatable bonds is 2. The summed E-state index contributed by atoms with van der Waals surface area (Å²) in [6, 6.07) is 1.64. The largest absolute Gasteiger partial charge is 0.480 e. The highest BCUT2D eigenvalue weighted by atomic mass is 32.1. The van der Waals surface area contributed by atoms with Crippen molar-refractivity contribution in [3.63, 3.8) is 0 Å². The molecule has 3 atom stereocenters. The second-order valence-electron chi connectivity index (χ2n) is 6.06. The van der Waals surface area contributed by atoms with E-state index < -0.39 is 12.0 Å². The third-order valence-electron chi connectivity index (χ3n) is 4.85. The minimum Gasteiger partial charge on any atom is -0.480 e. The predicted molar refractivity (Wildman–Crippen MR) is 81.8 cm³/mol. The molecule has 1 aliphatic heterocycles. The van der Waals surface area contributed by atoms with Crippen molar-refractivity contribution in [1.29, 1.82) is 0 Å². The first-order chi connectivity index (χ1) is 10.1. The molecule has 1 saturated heterocycles. The predicted octanol–water partition coefficient (Wildman–Crippen LogP) is 2.69. The van der Waals surface area contributed by atoms with Gasteiger partial charge in [-0.3, -0.25) is 0 Å². The van der Waals surface area contributed by atoms with Crippen LogP contribution in [0.2, 0.25) is 0 Å². The first-order valence-electron chi connectivity index (χ1n) is 7.36. The first-order valence-corrected chi connectivity index (χ1v) is 8.17. The van der Waals surface area contributed by atoms with E-state index in [2.05, 4.69) is 16.0 Å². The van der Waals surface area contributed by atoms with Crippen LogP contribution in [0.3, 0.4) is 0 Å². The lowest BCUT2D eigenvalue weighted by Gasteiger charge is -2.25. The molecule has 21 heavy (non-hydrogen) atoms. The summed E-state index contributed by atoms with van der Waals surface area (Å²) in [5, 5.41) is 10.7. The van der Waals surface area contributed by atoms with Crippen LogP contribution in [0.4, 0.5) is 5.82 Å². The lowest BCUT2D eigenvalue weighted by molar-refractivity contribution is -0.139. The molecule has 0 amide bonds. The number of aromatic nitrogens is 2. The van der Waals surface area contributed by atoms with Gasteiger partial charge in [0.15, 0.2) is 0 Å². The van der Waals surface area contributed by atoms with E-state index in [1.54, 1.807) is 17.7 Å². The van der Waals surface area contributed by atoms with Gasteiger partial charge >= 0.3 is 5.97 Å². The number of nitrogens with zero attached hydrogens (tertiary/aromatic N) is 3. The molecule has 2 aromatic rings. The standard InChI is InChI=1S/C15H17N3O2S/c1-8-5-11-13(16-7-17-14(11)21-8)18-6-9-3-2-4-10(9)12(18)15(19)20/h5,7,9-10,12H,2-4,6H2,1H3,(H,19,20). The molecule has 0 radical (unpaired) electrons. The summed E-state index contributed by atoms with van der Waals surface area (Å²) in [6.45, 7) is 2.85. The molecule has 2 fully saturated rings. The minimum absolute atomic E-state index is 0.271. The molecule has 1 saturated carbocycles. The highest BCUT2D eigenvalue weighted by molar-refractivity contribution is 7.18. The van der Waals surface area contributed by atoms with Crippen LogP contribution in [0.1, 0.15) is 24.1 Å². The van der Waals surface area contributed by atoms with Crippen LogP contribution in [-0.2, 0) is 4.79 Å². The summed E-state index contributed by atoms with van der Waals surface area (Å²) in [5.74, 6) is 0.845. The molecule has 0 spiro atoms. The fraction of sp³-hybridized carbons (Fsp3) is 0.533. The van der Waals surface area contributed by atoms with Gasteiger partial charge in [-0.1, -0.05) is 6.42 Å². The summed E-state index contributed by atoms with van der Waals surface area (Å²) in [4.78, 5) is 24.6. The summed E-state index contributed by atoms with van der Waals surface area (Å²) in [5.41, 5.74) is 0. The van der Waals surface area contributed by atoms with Gasteiger partial charge in [-0.15, -0.1) is 11.3 Å². The molecule has 110 valence electrons. The Labute approximate surface area is 126 Å². The van der Waals surface area contributed by atoms with Gasteiger partial charge in [0.2, 0.25) is 0 Å². The summed E-state index contributed by atoms with van der Waals surface area (Å²) < 4.78 is 0.